The Hall–Kier alpha value is -3.27. The number of aryl methyl sites for hydroxylation is 2. The lowest BCUT2D eigenvalue weighted by Gasteiger charge is -2.17. The molecule has 0 bridgehead atoms. The van der Waals surface area contributed by atoms with Crippen molar-refractivity contribution >= 4 is 34.7 Å². The predicted octanol–water partition coefficient (Wildman–Crippen LogP) is 4.25. The molecule has 0 saturated heterocycles. The SMILES string of the molecule is Cc1nn(C)cc1Nc1cc(NCc2ccc(Cl)cc2C(N)=O)c(C(F)(F)F)cn1. The minimum Gasteiger partial charge on any atom is -0.380 e. The molecule has 0 unspecified atom stereocenters. The molecule has 0 saturated carbocycles. The van der Waals surface area contributed by atoms with E-state index < -0.39 is 17.6 Å². The first-order valence-corrected chi connectivity index (χ1v) is 9.09. The number of anilines is 3. The Morgan fingerprint density at radius 2 is 2.00 bits per heavy atom. The highest BCUT2D eigenvalue weighted by Gasteiger charge is 2.34. The number of benzene rings is 1. The van der Waals surface area contributed by atoms with E-state index >= 15 is 0 Å². The number of aromatic nitrogens is 3. The van der Waals surface area contributed by atoms with Gasteiger partial charge in [0.25, 0.3) is 0 Å². The maximum absolute atomic E-state index is 13.5. The molecule has 30 heavy (non-hydrogen) atoms. The predicted molar refractivity (Wildman–Crippen MR) is 108 cm³/mol. The lowest BCUT2D eigenvalue weighted by atomic mass is 10.1. The molecule has 1 aromatic carbocycles. The van der Waals surface area contributed by atoms with Crippen molar-refractivity contribution in [2.24, 2.45) is 12.8 Å². The van der Waals surface area contributed by atoms with Crippen LogP contribution < -0.4 is 16.4 Å². The molecule has 7 nitrogen and oxygen atoms in total. The zero-order chi connectivity index (χ0) is 22.1. The Morgan fingerprint density at radius 1 is 1.27 bits per heavy atom. The van der Waals surface area contributed by atoms with Crippen LogP contribution in [0, 0.1) is 6.92 Å². The number of nitrogens with zero attached hydrogens (tertiary/aromatic N) is 3. The monoisotopic (exact) mass is 438 g/mol. The number of rotatable bonds is 6. The minimum absolute atomic E-state index is 0.0755. The maximum Gasteiger partial charge on any atom is 0.419 e. The van der Waals surface area contributed by atoms with Crippen LogP contribution in [0.3, 0.4) is 0 Å². The molecule has 1 amide bonds. The molecule has 0 aliphatic carbocycles. The summed E-state index contributed by atoms with van der Waals surface area (Å²) < 4.78 is 41.9. The van der Waals surface area contributed by atoms with Crippen molar-refractivity contribution in [1.82, 2.24) is 14.8 Å². The summed E-state index contributed by atoms with van der Waals surface area (Å²) in [4.78, 5) is 15.5. The second-order valence-corrected chi connectivity index (χ2v) is 7.00. The van der Waals surface area contributed by atoms with E-state index in [-0.39, 0.29) is 23.6 Å². The van der Waals surface area contributed by atoms with Crippen LogP contribution in [-0.4, -0.2) is 20.7 Å². The molecular formula is C19H18ClF3N6O. The average Bonchev–Trinajstić information content (AvgIpc) is 2.96. The number of hydrogen-bond acceptors (Lipinski definition) is 5. The third kappa shape index (κ3) is 4.82. The number of nitrogens with one attached hydrogen (secondary N) is 2. The molecule has 2 aromatic heterocycles. The molecule has 0 fully saturated rings. The van der Waals surface area contributed by atoms with Gasteiger partial charge in [0.2, 0.25) is 5.91 Å². The van der Waals surface area contributed by atoms with Gasteiger partial charge in [0, 0.05) is 42.6 Å². The van der Waals surface area contributed by atoms with Gasteiger partial charge in [0.1, 0.15) is 5.82 Å². The Kier molecular flexibility index (Phi) is 5.88. The van der Waals surface area contributed by atoms with Gasteiger partial charge in [-0.3, -0.25) is 9.48 Å². The topological polar surface area (TPSA) is 97.9 Å². The summed E-state index contributed by atoms with van der Waals surface area (Å²) in [7, 11) is 1.73. The van der Waals surface area contributed by atoms with E-state index in [1.807, 2.05) is 0 Å². The first-order valence-electron chi connectivity index (χ1n) is 8.71. The summed E-state index contributed by atoms with van der Waals surface area (Å²) >= 11 is 5.88. The highest BCUT2D eigenvalue weighted by molar-refractivity contribution is 6.31. The van der Waals surface area contributed by atoms with E-state index in [2.05, 4.69) is 20.7 Å². The highest BCUT2D eigenvalue weighted by Crippen LogP contribution is 2.36. The van der Waals surface area contributed by atoms with Gasteiger partial charge in [-0.1, -0.05) is 17.7 Å². The molecule has 0 aliphatic heterocycles. The van der Waals surface area contributed by atoms with Gasteiger partial charge < -0.3 is 16.4 Å². The zero-order valence-electron chi connectivity index (χ0n) is 16.0. The number of halogens is 4. The summed E-state index contributed by atoms with van der Waals surface area (Å²) in [6.07, 6.45) is -2.19. The van der Waals surface area contributed by atoms with Gasteiger partial charge in [-0.15, -0.1) is 0 Å². The molecule has 3 rings (SSSR count). The Balaban J connectivity index is 1.92. The van der Waals surface area contributed by atoms with E-state index in [4.69, 9.17) is 17.3 Å². The Morgan fingerprint density at radius 3 is 2.60 bits per heavy atom. The maximum atomic E-state index is 13.5. The average molecular weight is 439 g/mol. The van der Waals surface area contributed by atoms with Gasteiger partial charge in [-0.2, -0.15) is 18.3 Å². The number of alkyl halides is 3. The summed E-state index contributed by atoms with van der Waals surface area (Å²) in [5.41, 5.74) is 6.02. The standard InChI is InChI=1S/C19H18ClF3N6O/c1-10-16(9-29(2)28-10)27-17-6-15(14(8-26-17)19(21,22)23)25-7-11-3-4-12(20)5-13(11)18(24)30/h3-6,8-9H,7H2,1-2H3,(H2,24,30)(H2,25,26,27). The third-order valence-electron chi connectivity index (χ3n) is 4.29. The molecule has 2 heterocycles. The molecule has 158 valence electrons. The number of amides is 1. The van der Waals surface area contributed by atoms with Crippen LogP contribution in [0.15, 0.2) is 36.7 Å². The number of primary amides is 1. The van der Waals surface area contributed by atoms with E-state index in [0.717, 1.165) is 6.20 Å². The van der Waals surface area contributed by atoms with Crippen molar-refractivity contribution in [3.8, 4) is 0 Å². The molecular weight excluding hydrogens is 421 g/mol. The quantitative estimate of drug-likeness (QED) is 0.534. The first-order chi connectivity index (χ1) is 14.0. The molecule has 11 heteroatoms. The second kappa shape index (κ2) is 8.23. The number of pyridine rings is 1. The second-order valence-electron chi connectivity index (χ2n) is 6.56. The zero-order valence-corrected chi connectivity index (χ0v) is 16.8. The fraction of sp³-hybridized carbons (Fsp3) is 0.211. The summed E-state index contributed by atoms with van der Waals surface area (Å²) in [6.45, 7) is 1.69. The van der Waals surface area contributed by atoms with E-state index in [9.17, 15) is 18.0 Å². The minimum atomic E-state index is -4.62. The smallest absolute Gasteiger partial charge is 0.380 e. The van der Waals surface area contributed by atoms with Crippen LogP contribution >= 0.6 is 11.6 Å². The van der Waals surface area contributed by atoms with E-state index in [0.29, 0.717) is 22.0 Å². The van der Waals surface area contributed by atoms with Crippen LogP contribution in [0.1, 0.15) is 27.2 Å². The number of nitrogens with two attached hydrogens (primary N) is 1. The molecule has 0 atom stereocenters. The van der Waals surface area contributed by atoms with Crippen LogP contribution in [0.4, 0.5) is 30.4 Å². The molecule has 3 aromatic rings. The van der Waals surface area contributed by atoms with Crippen LogP contribution in [0.2, 0.25) is 5.02 Å². The lowest BCUT2D eigenvalue weighted by molar-refractivity contribution is -0.137. The van der Waals surface area contributed by atoms with E-state index in [1.54, 1.807) is 24.9 Å². The fourth-order valence-electron chi connectivity index (χ4n) is 2.88. The lowest BCUT2D eigenvalue weighted by Crippen LogP contribution is -2.17. The fourth-order valence-corrected chi connectivity index (χ4v) is 3.05. The third-order valence-corrected chi connectivity index (χ3v) is 4.53. The molecule has 0 aliphatic rings. The van der Waals surface area contributed by atoms with Crippen LogP contribution in [-0.2, 0) is 19.8 Å². The van der Waals surface area contributed by atoms with Crippen molar-refractivity contribution in [3.05, 3.63) is 64.1 Å². The van der Waals surface area contributed by atoms with Gasteiger partial charge in [-0.05, 0) is 24.6 Å². The highest BCUT2D eigenvalue weighted by atomic mass is 35.5. The van der Waals surface area contributed by atoms with Crippen LogP contribution in [0.25, 0.3) is 0 Å². The van der Waals surface area contributed by atoms with Gasteiger partial charge in [0.05, 0.1) is 22.6 Å². The van der Waals surface area contributed by atoms with Crippen molar-refractivity contribution < 1.29 is 18.0 Å². The largest absolute Gasteiger partial charge is 0.419 e. The Bertz CT molecular complexity index is 1100. The summed E-state index contributed by atoms with van der Waals surface area (Å²) in [5, 5.41) is 10.1. The van der Waals surface area contributed by atoms with Gasteiger partial charge in [0.15, 0.2) is 0 Å². The summed E-state index contributed by atoms with van der Waals surface area (Å²) in [6, 6.07) is 5.67. The number of carbonyl (C=O) groups is 1. The van der Waals surface area contributed by atoms with E-state index in [1.165, 1.54) is 24.3 Å². The van der Waals surface area contributed by atoms with Gasteiger partial charge in [-0.25, -0.2) is 4.98 Å². The van der Waals surface area contributed by atoms with Gasteiger partial charge >= 0.3 is 6.18 Å². The number of carbonyl (C=O) groups excluding carboxylic acids is 1. The first kappa shape index (κ1) is 21.4. The van der Waals surface area contributed by atoms with Crippen molar-refractivity contribution in [1.29, 1.82) is 0 Å². The van der Waals surface area contributed by atoms with Crippen molar-refractivity contribution in [2.45, 2.75) is 19.6 Å². The Labute approximate surface area is 175 Å². The molecule has 0 spiro atoms. The number of hydrogen-bond donors (Lipinski definition) is 3. The van der Waals surface area contributed by atoms with Crippen LogP contribution in [0.5, 0.6) is 0 Å². The summed E-state index contributed by atoms with van der Waals surface area (Å²) in [5.74, 6) is -0.526. The normalized spacial score (nSPS) is 11.4. The molecule has 4 N–H and O–H groups in total. The van der Waals surface area contributed by atoms with Crippen molar-refractivity contribution in [3.63, 3.8) is 0 Å². The van der Waals surface area contributed by atoms with Crippen molar-refractivity contribution in [2.75, 3.05) is 10.6 Å². The molecule has 0 radical (unpaired) electrons.